The van der Waals surface area contributed by atoms with Gasteiger partial charge < -0.3 is 14.1 Å². The number of nitrogens with zero attached hydrogens (tertiary/aromatic N) is 5. The van der Waals surface area contributed by atoms with Crippen LogP contribution in [-0.4, -0.2) is 29.3 Å². The minimum Gasteiger partial charge on any atom is -0.352 e. The third-order valence-corrected chi connectivity index (χ3v) is 10.2. The van der Waals surface area contributed by atoms with Gasteiger partial charge >= 0.3 is 0 Å². The molecule has 0 aliphatic carbocycles. The summed E-state index contributed by atoms with van der Waals surface area (Å²) in [5.41, 5.74) is 6.78. The summed E-state index contributed by atoms with van der Waals surface area (Å²) >= 11 is 1.67. The van der Waals surface area contributed by atoms with Crippen molar-refractivity contribution in [1.29, 1.82) is 0 Å². The van der Waals surface area contributed by atoms with Crippen molar-refractivity contribution in [3.05, 3.63) is 192 Å². The number of fused-ring (bicyclic) bond motifs is 1. The number of aromatic amines is 1. The smallest absolute Gasteiger partial charge is 0.191 e. The fraction of sp³-hybridized carbons (Fsp3) is 0.119. The Morgan fingerprint density at radius 2 is 1.32 bits per heavy atom. The van der Waals surface area contributed by atoms with Gasteiger partial charge in [-0.2, -0.15) is 0 Å². The number of imidazole rings is 1. The van der Waals surface area contributed by atoms with Crippen molar-refractivity contribution in [3.8, 4) is 11.5 Å². The average molecular weight is 675 g/mol. The monoisotopic (exact) mass is 674 g/mol. The van der Waals surface area contributed by atoms with Crippen LogP contribution in [0.15, 0.2) is 163 Å². The lowest BCUT2D eigenvalue weighted by Gasteiger charge is -2.37. The van der Waals surface area contributed by atoms with Crippen LogP contribution in [0.4, 0.5) is 4.39 Å². The van der Waals surface area contributed by atoms with Gasteiger partial charge in [0.05, 0.1) is 17.7 Å². The van der Waals surface area contributed by atoms with E-state index in [1.54, 1.807) is 17.8 Å². The van der Waals surface area contributed by atoms with Crippen LogP contribution in [0.2, 0.25) is 0 Å². The Balaban J connectivity index is 1.11. The van der Waals surface area contributed by atoms with Gasteiger partial charge in [0.1, 0.15) is 11.4 Å². The Kier molecular flexibility index (Phi) is 8.84. The minimum atomic E-state index is -0.604. The quantitative estimate of drug-likeness (QED) is 0.104. The molecule has 1 N–H and O–H groups in total. The van der Waals surface area contributed by atoms with Crippen molar-refractivity contribution >= 4 is 22.7 Å². The summed E-state index contributed by atoms with van der Waals surface area (Å²) in [5, 5.41) is 10.9. The summed E-state index contributed by atoms with van der Waals surface area (Å²) in [7, 11) is 0. The molecule has 0 fully saturated rings. The lowest BCUT2D eigenvalue weighted by atomic mass is 9.77. The maximum Gasteiger partial charge on any atom is 0.191 e. The second kappa shape index (κ2) is 14.0. The van der Waals surface area contributed by atoms with Crippen molar-refractivity contribution in [3.63, 3.8) is 0 Å². The van der Waals surface area contributed by atoms with Crippen LogP contribution in [0.5, 0.6) is 0 Å². The third-order valence-electron chi connectivity index (χ3n) is 9.16. The van der Waals surface area contributed by atoms with Crippen LogP contribution in [0.1, 0.15) is 34.4 Å². The van der Waals surface area contributed by atoms with Gasteiger partial charge in [-0.1, -0.05) is 133 Å². The van der Waals surface area contributed by atoms with Gasteiger partial charge in [0.25, 0.3) is 0 Å². The van der Waals surface area contributed by atoms with E-state index in [1.807, 2.05) is 18.5 Å². The van der Waals surface area contributed by atoms with Crippen LogP contribution in [-0.2, 0) is 24.3 Å². The second-order valence-corrected chi connectivity index (χ2v) is 13.3. The first kappa shape index (κ1) is 31.5. The van der Waals surface area contributed by atoms with Crippen LogP contribution < -0.4 is 0 Å². The molecule has 8 rings (SSSR count). The molecule has 6 nitrogen and oxygen atoms in total. The maximum absolute atomic E-state index is 14.0. The van der Waals surface area contributed by atoms with Gasteiger partial charge in [-0.15, -0.1) is 10.2 Å². The molecule has 0 unspecified atom stereocenters. The predicted octanol–water partition coefficient (Wildman–Crippen LogP) is 9.53. The molecule has 8 heteroatoms. The SMILES string of the molecule is Fc1ccc2[nH]c(-c3nnc(SCc4ccccc4)n3CCCc3cn(C(c4ccccc4)(c4ccccc4)c4ccccc4)cn3)cc2c1. The Labute approximate surface area is 294 Å². The van der Waals surface area contributed by atoms with Crippen molar-refractivity contribution in [2.45, 2.75) is 35.8 Å². The summed E-state index contributed by atoms with van der Waals surface area (Å²) in [6.45, 7) is 0.692. The number of halogens is 1. The number of rotatable bonds is 12. The zero-order valence-corrected chi connectivity index (χ0v) is 28.2. The number of aryl methyl sites for hydroxylation is 1. The lowest BCUT2D eigenvalue weighted by molar-refractivity contribution is 0.513. The Morgan fingerprint density at radius 1 is 0.700 bits per heavy atom. The van der Waals surface area contributed by atoms with Gasteiger partial charge in [0, 0.05) is 29.4 Å². The van der Waals surface area contributed by atoms with Gasteiger partial charge in [-0.3, -0.25) is 0 Å². The van der Waals surface area contributed by atoms with E-state index in [4.69, 9.17) is 4.98 Å². The molecule has 3 heterocycles. The molecular formula is C42H35FN6S. The van der Waals surface area contributed by atoms with Crippen LogP contribution >= 0.6 is 11.8 Å². The molecule has 246 valence electrons. The van der Waals surface area contributed by atoms with E-state index >= 15 is 0 Å². The summed E-state index contributed by atoms with van der Waals surface area (Å²) < 4.78 is 18.5. The predicted molar refractivity (Wildman–Crippen MR) is 198 cm³/mol. The highest BCUT2D eigenvalue weighted by atomic mass is 32.2. The molecule has 0 spiro atoms. The number of benzene rings is 5. The molecule has 0 bridgehead atoms. The highest BCUT2D eigenvalue weighted by Gasteiger charge is 2.38. The van der Waals surface area contributed by atoms with Gasteiger partial charge in [-0.25, -0.2) is 9.37 Å². The molecule has 0 saturated heterocycles. The van der Waals surface area contributed by atoms with E-state index in [0.717, 1.165) is 68.6 Å². The van der Waals surface area contributed by atoms with E-state index in [-0.39, 0.29) is 5.82 Å². The van der Waals surface area contributed by atoms with Gasteiger partial charge in [0.2, 0.25) is 0 Å². The van der Waals surface area contributed by atoms with Crippen molar-refractivity contribution in [2.24, 2.45) is 0 Å². The summed E-state index contributed by atoms with van der Waals surface area (Å²) in [4.78, 5) is 8.40. The number of thioether (sulfide) groups is 1. The van der Waals surface area contributed by atoms with Crippen molar-refractivity contribution in [1.82, 2.24) is 29.3 Å². The highest BCUT2D eigenvalue weighted by molar-refractivity contribution is 7.98. The Morgan fingerprint density at radius 3 is 1.96 bits per heavy atom. The molecule has 0 saturated carbocycles. The summed E-state index contributed by atoms with van der Waals surface area (Å²) in [5.74, 6) is 1.25. The Bertz CT molecular complexity index is 2220. The zero-order chi connectivity index (χ0) is 33.8. The van der Waals surface area contributed by atoms with E-state index in [1.165, 1.54) is 17.7 Å². The normalized spacial score (nSPS) is 11.7. The first-order chi connectivity index (χ1) is 24.7. The fourth-order valence-electron chi connectivity index (χ4n) is 6.82. The lowest BCUT2D eigenvalue weighted by Crippen LogP contribution is -2.36. The van der Waals surface area contributed by atoms with Crippen molar-refractivity contribution in [2.75, 3.05) is 0 Å². The topological polar surface area (TPSA) is 64.3 Å². The molecule has 0 radical (unpaired) electrons. The van der Waals surface area contributed by atoms with Crippen molar-refractivity contribution < 1.29 is 4.39 Å². The fourth-order valence-corrected chi connectivity index (χ4v) is 7.74. The molecule has 0 amide bonds. The van der Waals surface area contributed by atoms with Gasteiger partial charge in [0.15, 0.2) is 11.0 Å². The Hall–Kier alpha value is -5.73. The minimum absolute atomic E-state index is 0.265. The molecule has 8 aromatic rings. The third kappa shape index (κ3) is 6.14. The van der Waals surface area contributed by atoms with E-state index in [0.29, 0.717) is 6.54 Å². The number of H-pyrrole nitrogens is 1. The average Bonchev–Trinajstić information content (AvgIpc) is 3.92. The number of hydrogen-bond acceptors (Lipinski definition) is 4. The zero-order valence-electron chi connectivity index (χ0n) is 27.4. The van der Waals surface area contributed by atoms with Crippen LogP contribution in [0.3, 0.4) is 0 Å². The molecule has 5 aromatic carbocycles. The summed E-state index contributed by atoms with van der Waals surface area (Å²) in [6.07, 6.45) is 5.75. The van der Waals surface area contributed by atoms with Crippen LogP contribution in [0, 0.1) is 5.82 Å². The standard InChI is InChI=1S/C42H35FN6S/c43-36-23-24-38-32(26-36)27-39(45-38)40-46-47-41(50-29-31-14-5-1-6-15-31)49(40)25-13-22-37-28-48(30-44-37)42(33-16-7-2-8-17-33,34-18-9-3-10-19-34)35-20-11-4-12-21-35/h1-12,14-21,23-24,26-28,30,45H,13,22,25,29H2. The molecular weight excluding hydrogens is 640 g/mol. The van der Waals surface area contributed by atoms with E-state index in [9.17, 15) is 4.39 Å². The van der Waals surface area contributed by atoms with Crippen LogP contribution in [0.25, 0.3) is 22.4 Å². The van der Waals surface area contributed by atoms with Gasteiger partial charge in [-0.05, 0) is 59.4 Å². The first-order valence-electron chi connectivity index (χ1n) is 16.8. The highest BCUT2D eigenvalue weighted by Crippen LogP contribution is 2.41. The molecule has 50 heavy (non-hydrogen) atoms. The number of nitrogens with one attached hydrogen (secondary N) is 1. The van der Waals surface area contributed by atoms with E-state index < -0.39 is 5.54 Å². The first-order valence-corrected chi connectivity index (χ1v) is 17.8. The molecule has 0 aliphatic heterocycles. The second-order valence-electron chi connectivity index (χ2n) is 12.3. The molecule has 0 aliphatic rings. The maximum atomic E-state index is 14.0. The number of hydrogen-bond donors (Lipinski definition) is 1. The van der Waals surface area contributed by atoms with E-state index in [2.05, 4.69) is 146 Å². The number of aromatic nitrogens is 6. The molecule has 3 aromatic heterocycles. The molecule has 0 atom stereocenters. The summed E-state index contributed by atoms with van der Waals surface area (Å²) in [6, 6.07) is 49.0. The largest absolute Gasteiger partial charge is 0.352 e.